The van der Waals surface area contributed by atoms with E-state index < -0.39 is 10.0 Å². The summed E-state index contributed by atoms with van der Waals surface area (Å²) in [5.41, 5.74) is 0.566. The summed E-state index contributed by atoms with van der Waals surface area (Å²) in [5, 5.41) is 15.3. The highest BCUT2D eigenvalue weighted by Crippen LogP contribution is 2.31. The summed E-state index contributed by atoms with van der Waals surface area (Å²) < 4.78 is 29.1. The Morgan fingerprint density at radius 3 is 2.39 bits per heavy atom. The van der Waals surface area contributed by atoms with E-state index in [1.54, 1.807) is 28.6 Å². The van der Waals surface area contributed by atoms with Crippen molar-refractivity contribution in [3.8, 4) is 0 Å². The number of nitrogens with one attached hydrogen (secondary N) is 1. The Labute approximate surface area is 187 Å². The van der Waals surface area contributed by atoms with Gasteiger partial charge in [0.15, 0.2) is 0 Å². The summed E-state index contributed by atoms with van der Waals surface area (Å²) in [6.45, 7) is 1.14. The van der Waals surface area contributed by atoms with Gasteiger partial charge in [-0.1, -0.05) is 37.4 Å². The lowest BCUT2D eigenvalue weighted by Gasteiger charge is -2.20. The predicted octanol–water partition coefficient (Wildman–Crippen LogP) is 3.08. The molecule has 2 aromatic rings. The maximum Gasteiger partial charge on any atom is 0.243 e. The molecule has 1 amide bonds. The van der Waals surface area contributed by atoms with Crippen molar-refractivity contribution in [3.05, 3.63) is 24.3 Å². The minimum atomic E-state index is -3.49. The first-order chi connectivity index (χ1) is 15.0. The molecule has 0 bridgehead atoms. The minimum absolute atomic E-state index is 0.181. The molecule has 1 saturated carbocycles. The lowest BCUT2D eigenvalue weighted by atomic mass is 10.2. The molecule has 2 heterocycles. The molecule has 1 aliphatic carbocycles. The van der Waals surface area contributed by atoms with E-state index in [4.69, 9.17) is 0 Å². The molecule has 1 saturated heterocycles. The van der Waals surface area contributed by atoms with Gasteiger partial charge in [-0.15, -0.1) is 5.10 Å². The van der Waals surface area contributed by atoms with Crippen molar-refractivity contribution >= 4 is 33.4 Å². The van der Waals surface area contributed by atoms with E-state index in [-0.39, 0.29) is 16.6 Å². The quantitative estimate of drug-likeness (QED) is 0.627. The number of carbonyl (C=O) groups excluding carboxylic acids is 1. The molecule has 0 atom stereocenters. The summed E-state index contributed by atoms with van der Waals surface area (Å²) in [4.78, 5) is 12.6. The largest absolute Gasteiger partial charge is 0.325 e. The van der Waals surface area contributed by atoms with E-state index in [1.807, 2.05) is 4.68 Å². The van der Waals surface area contributed by atoms with Crippen molar-refractivity contribution in [2.24, 2.45) is 0 Å². The second-order valence-electron chi connectivity index (χ2n) is 8.02. The van der Waals surface area contributed by atoms with Gasteiger partial charge in [-0.05, 0) is 60.4 Å². The number of hydrogen-bond acceptors (Lipinski definition) is 7. The first-order valence-corrected chi connectivity index (χ1v) is 13.3. The lowest BCUT2D eigenvalue weighted by molar-refractivity contribution is -0.113. The van der Waals surface area contributed by atoms with Gasteiger partial charge in [-0.3, -0.25) is 4.79 Å². The normalized spacial score (nSPS) is 18.7. The van der Waals surface area contributed by atoms with Gasteiger partial charge >= 0.3 is 0 Å². The van der Waals surface area contributed by atoms with Crippen molar-refractivity contribution in [1.82, 2.24) is 24.5 Å². The van der Waals surface area contributed by atoms with Crippen LogP contribution in [0.15, 0.2) is 34.3 Å². The molecule has 1 aromatic heterocycles. The fourth-order valence-electron chi connectivity index (χ4n) is 4.13. The molecule has 11 heteroatoms. The highest BCUT2D eigenvalue weighted by Gasteiger charge is 2.25. The second kappa shape index (κ2) is 10.1. The van der Waals surface area contributed by atoms with Crippen molar-refractivity contribution in [3.63, 3.8) is 0 Å². The number of hydrogen-bond donors (Lipinski definition) is 1. The van der Waals surface area contributed by atoms with Gasteiger partial charge in [0.1, 0.15) is 0 Å². The predicted molar refractivity (Wildman–Crippen MR) is 118 cm³/mol. The van der Waals surface area contributed by atoms with Crippen LogP contribution in [-0.4, -0.2) is 57.7 Å². The van der Waals surface area contributed by atoms with Crippen molar-refractivity contribution in [1.29, 1.82) is 0 Å². The van der Waals surface area contributed by atoms with Crippen LogP contribution in [0.2, 0.25) is 0 Å². The first kappa shape index (κ1) is 22.2. The van der Waals surface area contributed by atoms with Gasteiger partial charge in [0.25, 0.3) is 0 Å². The molecule has 168 valence electrons. The van der Waals surface area contributed by atoms with Crippen molar-refractivity contribution in [2.75, 3.05) is 24.2 Å². The summed E-state index contributed by atoms with van der Waals surface area (Å²) >= 11 is 1.31. The molecule has 4 rings (SSSR count). The number of tetrazole rings is 1. The molecule has 0 unspecified atom stereocenters. The van der Waals surface area contributed by atoms with Gasteiger partial charge < -0.3 is 5.32 Å². The van der Waals surface area contributed by atoms with Crippen LogP contribution in [0, 0.1) is 0 Å². The van der Waals surface area contributed by atoms with E-state index in [9.17, 15) is 13.2 Å². The number of carbonyl (C=O) groups is 1. The van der Waals surface area contributed by atoms with Crippen LogP contribution in [0.5, 0.6) is 0 Å². The van der Waals surface area contributed by atoms with Gasteiger partial charge in [0, 0.05) is 18.8 Å². The minimum Gasteiger partial charge on any atom is -0.325 e. The average Bonchev–Trinajstić information content (AvgIpc) is 3.38. The Balaban J connectivity index is 1.33. The first-order valence-electron chi connectivity index (χ1n) is 10.8. The Bertz CT molecular complexity index is 979. The number of nitrogens with zero attached hydrogens (tertiary/aromatic N) is 5. The number of sulfonamides is 1. The van der Waals surface area contributed by atoms with Crippen LogP contribution in [0.1, 0.15) is 57.4 Å². The fraction of sp³-hybridized carbons (Fsp3) is 0.600. The zero-order valence-electron chi connectivity index (χ0n) is 17.4. The van der Waals surface area contributed by atoms with Crippen molar-refractivity contribution in [2.45, 2.75) is 67.5 Å². The molecule has 1 N–H and O–H groups in total. The van der Waals surface area contributed by atoms with E-state index >= 15 is 0 Å². The average molecular weight is 465 g/mol. The molecule has 2 aliphatic rings. The van der Waals surface area contributed by atoms with E-state index in [2.05, 4.69) is 20.8 Å². The molecular formula is C20H28N6O3S2. The number of thioether (sulfide) groups is 1. The highest BCUT2D eigenvalue weighted by molar-refractivity contribution is 7.99. The molecule has 9 nitrogen and oxygen atoms in total. The van der Waals surface area contributed by atoms with Crippen LogP contribution in [-0.2, 0) is 14.8 Å². The van der Waals surface area contributed by atoms with Gasteiger partial charge in [-0.25, -0.2) is 13.1 Å². The number of aromatic nitrogens is 4. The van der Waals surface area contributed by atoms with Crippen LogP contribution in [0.3, 0.4) is 0 Å². The molecule has 2 fully saturated rings. The smallest absolute Gasteiger partial charge is 0.243 e. The van der Waals surface area contributed by atoms with Crippen LogP contribution < -0.4 is 5.32 Å². The maximum absolute atomic E-state index is 12.9. The summed E-state index contributed by atoms with van der Waals surface area (Å²) in [6.07, 6.45) is 8.43. The third kappa shape index (κ3) is 5.45. The van der Waals surface area contributed by atoms with Gasteiger partial charge in [0.2, 0.25) is 21.1 Å². The number of amides is 1. The number of rotatable bonds is 7. The van der Waals surface area contributed by atoms with Crippen molar-refractivity contribution < 1.29 is 13.2 Å². The summed E-state index contributed by atoms with van der Waals surface area (Å²) in [5.74, 6) is -0.00455. The van der Waals surface area contributed by atoms with E-state index in [0.717, 1.165) is 38.5 Å². The standard InChI is InChI=1S/C20H28N6O3S2/c27-19(15-30-20-22-23-24-26(20)17-7-3-4-8-17)21-16-9-11-18(12-10-16)31(28,29)25-13-5-1-2-6-14-25/h9-12,17H,1-8,13-15H2,(H,21,27). The van der Waals surface area contributed by atoms with Crippen LogP contribution >= 0.6 is 11.8 Å². The van der Waals surface area contributed by atoms with Gasteiger partial charge in [0.05, 0.1) is 16.7 Å². The third-order valence-electron chi connectivity index (χ3n) is 5.81. The second-order valence-corrected chi connectivity index (χ2v) is 10.9. The molecular weight excluding hydrogens is 436 g/mol. The summed E-state index contributed by atoms with van der Waals surface area (Å²) in [6, 6.07) is 6.71. The topological polar surface area (TPSA) is 110 Å². The Kier molecular flexibility index (Phi) is 7.24. The van der Waals surface area contributed by atoms with E-state index in [1.165, 1.54) is 24.6 Å². The molecule has 0 radical (unpaired) electrons. The van der Waals surface area contributed by atoms with E-state index in [0.29, 0.717) is 30.0 Å². The molecule has 1 aliphatic heterocycles. The highest BCUT2D eigenvalue weighted by atomic mass is 32.2. The fourth-order valence-corrected chi connectivity index (χ4v) is 6.39. The third-order valence-corrected chi connectivity index (χ3v) is 8.65. The number of anilines is 1. The number of benzene rings is 1. The SMILES string of the molecule is O=C(CSc1nnnn1C1CCCC1)Nc1ccc(S(=O)(=O)N2CCCCCC2)cc1. The monoisotopic (exact) mass is 464 g/mol. The Hall–Kier alpha value is -1.98. The zero-order valence-corrected chi connectivity index (χ0v) is 19.1. The van der Waals surface area contributed by atoms with Gasteiger partial charge in [-0.2, -0.15) is 4.31 Å². The Morgan fingerprint density at radius 1 is 1.03 bits per heavy atom. The molecule has 31 heavy (non-hydrogen) atoms. The van der Waals surface area contributed by atoms with Crippen LogP contribution in [0.4, 0.5) is 5.69 Å². The summed E-state index contributed by atoms with van der Waals surface area (Å²) in [7, 11) is -3.49. The molecule has 0 spiro atoms. The molecule has 1 aromatic carbocycles. The zero-order chi connectivity index (χ0) is 21.7. The lowest BCUT2D eigenvalue weighted by Crippen LogP contribution is -2.31. The Morgan fingerprint density at radius 2 is 1.71 bits per heavy atom. The maximum atomic E-state index is 12.9. The van der Waals surface area contributed by atoms with Crippen LogP contribution in [0.25, 0.3) is 0 Å².